The monoisotopic (exact) mass is 380 g/mol. The number of thiophene rings is 2. The van der Waals surface area contributed by atoms with Gasteiger partial charge in [-0.2, -0.15) is 0 Å². The van der Waals surface area contributed by atoms with Crippen molar-refractivity contribution in [1.29, 1.82) is 0 Å². The highest BCUT2D eigenvalue weighted by atomic mass is 32.1. The molecule has 0 aliphatic heterocycles. The zero-order valence-corrected chi connectivity index (χ0v) is 16.5. The maximum atomic E-state index is 2.36. The predicted molar refractivity (Wildman–Crippen MR) is 122 cm³/mol. The maximum Gasteiger partial charge on any atom is 0.0355 e. The molecule has 0 fully saturated rings. The molecule has 0 atom stereocenters. The van der Waals surface area contributed by atoms with E-state index in [1.54, 1.807) is 0 Å². The van der Waals surface area contributed by atoms with Gasteiger partial charge in [-0.05, 0) is 60.5 Å². The average Bonchev–Trinajstić information content (AvgIpc) is 3.25. The largest absolute Gasteiger partial charge is 0.135 e. The first-order valence-corrected chi connectivity index (χ1v) is 10.7. The lowest BCUT2D eigenvalue weighted by molar-refractivity contribution is 1.52. The Morgan fingerprint density at radius 3 is 1.70 bits per heavy atom. The van der Waals surface area contributed by atoms with Gasteiger partial charge in [0.25, 0.3) is 0 Å². The van der Waals surface area contributed by atoms with Crippen molar-refractivity contribution in [2.45, 2.75) is 6.92 Å². The van der Waals surface area contributed by atoms with Crippen molar-refractivity contribution in [2.75, 3.05) is 0 Å². The van der Waals surface area contributed by atoms with Gasteiger partial charge >= 0.3 is 0 Å². The summed E-state index contributed by atoms with van der Waals surface area (Å²) in [6.07, 6.45) is 0. The summed E-state index contributed by atoms with van der Waals surface area (Å²) < 4.78 is 5.45. The van der Waals surface area contributed by atoms with Crippen LogP contribution in [0.1, 0.15) is 5.56 Å². The summed E-state index contributed by atoms with van der Waals surface area (Å²) in [5, 5.41) is 5.46. The standard InChI is InChI=1S/C25H16S2/c1-15-6-9-23-19(12-15)21-14-17(8-11-25(21)27-23)16-7-10-24-20(13-16)18-4-2-3-5-22(18)26-24/h2-14H,1H3. The summed E-state index contributed by atoms with van der Waals surface area (Å²) in [7, 11) is 0. The maximum absolute atomic E-state index is 2.36. The number of rotatable bonds is 1. The molecular weight excluding hydrogens is 364 g/mol. The summed E-state index contributed by atoms with van der Waals surface area (Å²) in [6, 6.07) is 29.3. The molecule has 0 N–H and O–H groups in total. The van der Waals surface area contributed by atoms with E-state index in [2.05, 4.69) is 85.8 Å². The first-order valence-electron chi connectivity index (χ1n) is 9.11. The molecule has 0 amide bonds. The van der Waals surface area contributed by atoms with E-state index in [1.807, 2.05) is 22.7 Å². The molecule has 6 rings (SSSR count). The lowest BCUT2D eigenvalue weighted by Crippen LogP contribution is -1.78. The van der Waals surface area contributed by atoms with Crippen molar-refractivity contribution in [1.82, 2.24) is 0 Å². The van der Waals surface area contributed by atoms with Crippen LogP contribution >= 0.6 is 22.7 Å². The topological polar surface area (TPSA) is 0 Å². The first-order chi connectivity index (χ1) is 13.3. The van der Waals surface area contributed by atoms with Crippen LogP contribution in [-0.2, 0) is 0 Å². The predicted octanol–water partition coefficient (Wildman–Crippen LogP) is 8.40. The lowest BCUT2D eigenvalue weighted by Gasteiger charge is -2.04. The Labute approximate surface area is 165 Å². The molecule has 0 spiro atoms. The Morgan fingerprint density at radius 1 is 0.481 bits per heavy atom. The third-order valence-electron chi connectivity index (χ3n) is 5.33. The van der Waals surface area contributed by atoms with Crippen LogP contribution in [-0.4, -0.2) is 0 Å². The van der Waals surface area contributed by atoms with Crippen LogP contribution in [0.15, 0.2) is 78.9 Å². The van der Waals surface area contributed by atoms with E-state index in [9.17, 15) is 0 Å². The van der Waals surface area contributed by atoms with Crippen molar-refractivity contribution in [3.8, 4) is 11.1 Å². The van der Waals surface area contributed by atoms with Crippen LogP contribution in [0.25, 0.3) is 51.5 Å². The third kappa shape index (κ3) is 2.34. The Hall–Kier alpha value is -2.68. The minimum absolute atomic E-state index is 1.29. The SMILES string of the molecule is Cc1ccc2sc3ccc(-c4ccc5sc6ccccc6c5c4)cc3c2c1. The second kappa shape index (κ2) is 5.66. The summed E-state index contributed by atoms with van der Waals surface area (Å²) in [4.78, 5) is 0. The number of aryl methyl sites for hydroxylation is 1. The summed E-state index contributed by atoms with van der Waals surface area (Å²) in [6.45, 7) is 2.17. The Morgan fingerprint density at radius 2 is 1.00 bits per heavy atom. The van der Waals surface area contributed by atoms with E-state index >= 15 is 0 Å². The van der Waals surface area contributed by atoms with Gasteiger partial charge in [-0.3, -0.25) is 0 Å². The highest BCUT2D eigenvalue weighted by Crippen LogP contribution is 2.39. The molecular formula is C25H16S2. The summed E-state index contributed by atoms with van der Waals surface area (Å²) >= 11 is 3.76. The highest BCUT2D eigenvalue weighted by molar-refractivity contribution is 7.26. The number of fused-ring (bicyclic) bond motifs is 6. The zero-order valence-electron chi connectivity index (χ0n) is 14.8. The number of hydrogen-bond donors (Lipinski definition) is 0. The molecule has 0 saturated carbocycles. The molecule has 2 heteroatoms. The molecule has 0 saturated heterocycles. The molecule has 0 bridgehead atoms. The third-order valence-corrected chi connectivity index (χ3v) is 7.64. The van der Waals surface area contributed by atoms with E-state index < -0.39 is 0 Å². The van der Waals surface area contributed by atoms with Crippen LogP contribution in [0.3, 0.4) is 0 Å². The average molecular weight is 381 g/mol. The van der Waals surface area contributed by atoms with Gasteiger partial charge in [0.2, 0.25) is 0 Å². The van der Waals surface area contributed by atoms with Crippen molar-refractivity contribution >= 4 is 63.0 Å². The van der Waals surface area contributed by atoms with Crippen LogP contribution in [0.2, 0.25) is 0 Å². The molecule has 27 heavy (non-hydrogen) atoms. The van der Waals surface area contributed by atoms with Crippen LogP contribution < -0.4 is 0 Å². The van der Waals surface area contributed by atoms with Crippen molar-refractivity contribution in [3.05, 3.63) is 84.4 Å². The lowest BCUT2D eigenvalue weighted by atomic mass is 10.0. The van der Waals surface area contributed by atoms with E-state index in [1.165, 1.54) is 57.0 Å². The molecule has 0 unspecified atom stereocenters. The van der Waals surface area contributed by atoms with E-state index in [-0.39, 0.29) is 0 Å². The molecule has 128 valence electrons. The molecule has 2 aromatic heterocycles. The van der Waals surface area contributed by atoms with Gasteiger partial charge in [-0.15, -0.1) is 22.7 Å². The van der Waals surface area contributed by atoms with Crippen molar-refractivity contribution < 1.29 is 0 Å². The van der Waals surface area contributed by atoms with Gasteiger partial charge in [0, 0.05) is 40.3 Å². The van der Waals surface area contributed by atoms with Crippen LogP contribution in [0.5, 0.6) is 0 Å². The molecule has 4 aromatic carbocycles. The molecule has 2 heterocycles. The van der Waals surface area contributed by atoms with Gasteiger partial charge < -0.3 is 0 Å². The summed E-state index contributed by atoms with van der Waals surface area (Å²) in [5.41, 5.74) is 3.90. The van der Waals surface area contributed by atoms with E-state index in [0.29, 0.717) is 0 Å². The number of hydrogen-bond acceptors (Lipinski definition) is 2. The Balaban J connectivity index is 1.61. The van der Waals surface area contributed by atoms with E-state index in [0.717, 1.165) is 0 Å². The quantitative estimate of drug-likeness (QED) is 0.269. The fourth-order valence-corrected chi connectivity index (χ4v) is 6.13. The van der Waals surface area contributed by atoms with Crippen LogP contribution in [0.4, 0.5) is 0 Å². The Kier molecular flexibility index (Phi) is 3.22. The van der Waals surface area contributed by atoms with Gasteiger partial charge in [0.15, 0.2) is 0 Å². The molecule has 6 aromatic rings. The van der Waals surface area contributed by atoms with Crippen LogP contribution in [0, 0.1) is 6.92 Å². The molecule has 0 radical (unpaired) electrons. The Bertz CT molecular complexity index is 1480. The second-order valence-corrected chi connectivity index (χ2v) is 9.29. The molecule has 0 aliphatic rings. The fourth-order valence-electron chi connectivity index (χ4n) is 3.98. The van der Waals surface area contributed by atoms with E-state index in [4.69, 9.17) is 0 Å². The fraction of sp³-hybridized carbons (Fsp3) is 0.0400. The zero-order chi connectivity index (χ0) is 18.0. The second-order valence-electron chi connectivity index (χ2n) is 7.12. The van der Waals surface area contributed by atoms with Gasteiger partial charge in [-0.25, -0.2) is 0 Å². The first kappa shape index (κ1) is 15.4. The smallest absolute Gasteiger partial charge is 0.0355 e. The van der Waals surface area contributed by atoms with Gasteiger partial charge in [-0.1, -0.05) is 42.0 Å². The van der Waals surface area contributed by atoms with Gasteiger partial charge in [0.1, 0.15) is 0 Å². The highest BCUT2D eigenvalue weighted by Gasteiger charge is 2.09. The number of benzene rings is 4. The molecule has 0 aliphatic carbocycles. The minimum atomic E-state index is 1.29. The van der Waals surface area contributed by atoms with Crippen molar-refractivity contribution in [3.63, 3.8) is 0 Å². The van der Waals surface area contributed by atoms with Gasteiger partial charge in [0.05, 0.1) is 0 Å². The summed E-state index contributed by atoms with van der Waals surface area (Å²) in [5.74, 6) is 0. The normalized spacial score (nSPS) is 11.9. The minimum Gasteiger partial charge on any atom is -0.135 e. The molecule has 0 nitrogen and oxygen atoms in total. The van der Waals surface area contributed by atoms with Crippen molar-refractivity contribution in [2.24, 2.45) is 0 Å².